The van der Waals surface area contributed by atoms with Gasteiger partial charge in [-0.15, -0.1) is 0 Å². The Morgan fingerprint density at radius 3 is 2.70 bits per heavy atom. The van der Waals surface area contributed by atoms with Crippen LogP contribution < -0.4 is 29.0 Å². The van der Waals surface area contributed by atoms with Crippen LogP contribution in [0.2, 0.25) is 0 Å². The molecule has 2 heterocycles. The van der Waals surface area contributed by atoms with Gasteiger partial charge in [0.05, 0.1) is 20.3 Å². The molecular weight excluding hydrogens is 426 g/mol. The maximum Gasteiger partial charge on any atom is 0.244 e. The maximum atomic E-state index is 12.3. The minimum atomic E-state index is -0.221. The summed E-state index contributed by atoms with van der Waals surface area (Å²) in [4.78, 5) is 12.3. The van der Waals surface area contributed by atoms with Crippen LogP contribution in [0.4, 0.5) is 0 Å². The number of nitrogens with one attached hydrogen (secondary N) is 1. The van der Waals surface area contributed by atoms with E-state index in [1.165, 1.54) is 6.08 Å². The van der Waals surface area contributed by atoms with E-state index in [9.17, 15) is 4.79 Å². The van der Waals surface area contributed by atoms with Gasteiger partial charge in [0.25, 0.3) is 0 Å². The Kier molecular flexibility index (Phi) is 7.57. The van der Waals surface area contributed by atoms with Crippen molar-refractivity contribution in [2.24, 2.45) is 0 Å². The molecule has 1 amide bonds. The SMILES string of the molecule is COc1cc(CNC(=O)/C=C/c2cc(OC)c3c(c2)OCCO3)ccc1OCC1CCCO1. The molecule has 176 valence electrons. The first kappa shape index (κ1) is 22.8. The van der Waals surface area contributed by atoms with E-state index >= 15 is 0 Å². The van der Waals surface area contributed by atoms with Gasteiger partial charge in [-0.2, -0.15) is 0 Å². The van der Waals surface area contributed by atoms with Crippen LogP contribution in [0.25, 0.3) is 6.08 Å². The zero-order chi connectivity index (χ0) is 23.0. The molecule has 33 heavy (non-hydrogen) atoms. The molecule has 2 aromatic carbocycles. The number of fused-ring (bicyclic) bond motifs is 1. The average Bonchev–Trinajstić information content (AvgIpc) is 3.38. The zero-order valence-electron chi connectivity index (χ0n) is 18.9. The average molecular weight is 456 g/mol. The Bertz CT molecular complexity index is 981. The van der Waals surface area contributed by atoms with Gasteiger partial charge in [0.1, 0.15) is 19.8 Å². The van der Waals surface area contributed by atoms with Gasteiger partial charge in [0.2, 0.25) is 11.7 Å². The Morgan fingerprint density at radius 1 is 1.06 bits per heavy atom. The molecular formula is C25H29NO7. The van der Waals surface area contributed by atoms with Crippen molar-refractivity contribution in [3.63, 3.8) is 0 Å². The molecule has 4 rings (SSSR count). The van der Waals surface area contributed by atoms with E-state index in [0.29, 0.717) is 55.1 Å². The van der Waals surface area contributed by atoms with Crippen molar-refractivity contribution < 1.29 is 33.2 Å². The number of methoxy groups -OCH3 is 2. The Hall–Kier alpha value is -3.39. The van der Waals surface area contributed by atoms with Crippen molar-refractivity contribution in [3.05, 3.63) is 47.5 Å². The van der Waals surface area contributed by atoms with E-state index in [2.05, 4.69) is 5.32 Å². The van der Waals surface area contributed by atoms with Crippen molar-refractivity contribution >= 4 is 12.0 Å². The number of ether oxygens (including phenoxy) is 6. The van der Waals surface area contributed by atoms with Gasteiger partial charge in [0.15, 0.2) is 23.0 Å². The molecule has 0 radical (unpaired) electrons. The highest BCUT2D eigenvalue weighted by atomic mass is 16.6. The minimum Gasteiger partial charge on any atom is -0.493 e. The topological polar surface area (TPSA) is 84.5 Å². The first-order valence-corrected chi connectivity index (χ1v) is 11.0. The highest BCUT2D eigenvalue weighted by Crippen LogP contribution is 2.40. The summed E-state index contributed by atoms with van der Waals surface area (Å²) in [6, 6.07) is 9.24. The number of carbonyl (C=O) groups is 1. The van der Waals surface area contributed by atoms with Crippen LogP contribution in [0.1, 0.15) is 24.0 Å². The summed E-state index contributed by atoms with van der Waals surface area (Å²) >= 11 is 0. The van der Waals surface area contributed by atoms with Crippen LogP contribution in [0.3, 0.4) is 0 Å². The van der Waals surface area contributed by atoms with Crippen molar-refractivity contribution in [1.29, 1.82) is 0 Å². The lowest BCUT2D eigenvalue weighted by Crippen LogP contribution is -2.20. The summed E-state index contributed by atoms with van der Waals surface area (Å²) in [5.74, 6) is 2.83. The quantitative estimate of drug-likeness (QED) is 0.581. The fraction of sp³-hybridized carbons (Fsp3) is 0.400. The molecule has 1 saturated heterocycles. The normalized spacial score (nSPS) is 17.1. The van der Waals surface area contributed by atoms with Gasteiger partial charge in [-0.1, -0.05) is 6.07 Å². The predicted octanol–water partition coefficient (Wildman–Crippen LogP) is 3.36. The van der Waals surface area contributed by atoms with Crippen molar-refractivity contribution in [1.82, 2.24) is 5.32 Å². The van der Waals surface area contributed by atoms with Gasteiger partial charge in [-0.05, 0) is 54.3 Å². The molecule has 8 heteroatoms. The van der Waals surface area contributed by atoms with Crippen LogP contribution in [0, 0.1) is 0 Å². The second kappa shape index (κ2) is 11.0. The molecule has 2 aliphatic rings. The maximum absolute atomic E-state index is 12.3. The molecule has 1 unspecified atom stereocenters. The smallest absolute Gasteiger partial charge is 0.244 e. The monoisotopic (exact) mass is 455 g/mol. The van der Waals surface area contributed by atoms with E-state index in [-0.39, 0.29) is 12.0 Å². The third kappa shape index (κ3) is 5.90. The Morgan fingerprint density at radius 2 is 1.91 bits per heavy atom. The van der Waals surface area contributed by atoms with Gasteiger partial charge in [-0.3, -0.25) is 4.79 Å². The van der Waals surface area contributed by atoms with Crippen LogP contribution in [-0.2, 0) is 16.1 Å². The molecule has 2 aromatic rings. The highest BCUT2D eigenvalue weighted by molar-refractivity contribution is 5.91. The molecule has 0 aromatic heterocycles. The molecule has 2 aliphatic heterocycles. The molecule has 1 fully saturated rings. The second-order valence-electron chi connectivity index (χ2n) is 7.73. The third-order valence-corrected chi connectivity index (χ3v) is 5.42. The van der Waals surface area contributed by atoms with Crippen LogP contribution in [0.15, 0.2) is 36.4 Å². The van der Waals surface area contributed by atoms with Crippen molar-refractivity contribution in [2.45, 2.75) is 25.5 Å². The van der Waals surface area contributed by atoms with E-state index in [0.717, 1.165) is 30.6 Å². The summed E-state index contributed by atoms with van der Waals surface area (Å²) in [5, 5.41) is 2.88. The standard InChI is InChI=1S/C25H29NO7/c1-28-21-14-18(5-7-20(21)33-16-19-4-3-9-30-19)15-26-24(27)8-6-17-12-22(29-2)25-23(13-17)31-10-11-32-25/h5-8,12-14,19H,3-4,9-11,15-16H2,1-2H3,(H,26,27)/b8-6+. The summed E-state index contributed by atoms with van der Waals surface area (Å²) < 4.78 is 33.5. The van der Waals surface area contributed by atoms with Crippen LogP contribution >= 0.6 is 0 Å². The summed E-state index contributed by atoms with van der Waals surface area (Å²) in [6.45, 7) is 2.61. The number of hydrogen-bond donors (Lipinski definition) is 1. The molecule has 0 aliphatic carbocycles. The molecule has 0 spiro atoms. The lowest BCUT2D eigenvalue weighted by atomic mass is 10.1. The van der Waals surface area contributed by atoms with Gasteiger partial charge in [-0.25, -0.2) is 0 Å². The first-order valence-electron chi connectivity index (χ1n) is 11.0. The van der Waals surface area contributed by atoms with Crippen molar-refractivity contribution in [2.75, 3.05) is 40.6 Å². The molecule has 0 saturated carbocycles. The van der Waals surface area contributed by atoms with Gasteiger partial charge < -0.3 is 33.7 Å². The van der Waals surface area contributed by atoms with Gasteiger partial charge in [0, 0.05) is 19.2 Å². The molecule has 1 atom stereocenters. The molecule has 0 bridgehead atoms. The van der Waals surface area contributed by atoms with Crippen LogP contribution in [0.5, 0.6) is 28.7 Å². The van der Waals surface area contributed by atoms with Crippen LogP contribution in [-0.4, -0.2) is 52.7 Å². The number of carbonyl (C=O) groups excluding carboxylic acids is 1. The molecule has 8 nitrogen and oxygen atoms in total. The van der Waals surface area contributed by atoms with E-state index in [1.54, 1.807) is 26.4 Å². The second-order valence-corrected chi connectivity index (χ2v) is 7.73. The predicted molar refractivity (Wildman–Crippen MR) is 122 cm³/mol. The largest absolute Gasteiger partial charge is 0.493 e. The number of amides is 1. The molecule has 1 N–H and O–H groups in total. The Labute approximate surface area is 193 Å². The number of rotatable bonds is 9. The van der Waals surface area contributed by atoms with E-state index in [4.69, 9.17) is 28.4 Å². The Balaban J connectivity index is 1.33. The fourth-order valence-corrected chi connectivity index (χ4v) is 3.71. The van der Waals surface area contributed by atoms with Gasteiger partial charge >= 0.3 is 0 Å². The minimum absolute atomic E-state index is 0.134. The zero-order valence-corrected chi connectivity index (χ0v) is 18.9. The van der Waals surface area contributed by atoms with Crippen molar-refractivity contribution in [3.8, 4) is 28.7 Å². The first-order chi connectivity index (χ1) is 16.2. The highest BCUT2D eigenvalue weighted by Gasteiger charge is 2.18. The summed E-state index contributed by atoms with van der Waals surface area (Å²) in [5.41, 5.74) is 1.68. The number of hydrogen-bond acceptors (Lipinski definition) is 7. The lowest BCUT2D eigenvalue weighted by Gasteiger charge is -2.20. The van der Waals surface area contributed by atoms with E-state index in [1.807, 2.05) is 24.3 Å². The third-order valence-electron chi connectivity index (χ3n) is 5.42. The lowest BCUT2D eigenvalue weighted by molar-refractivity contribution is -0.116. The van der Waals surface area contributed by atoms with E-state index < -0.39 is 0 Å². The summed E-state index contributed by atoms with van der Waals surface area (Å²) in [7, 11) is 3.17. The fourth-order valence-electron chi connectivity index (χ4n) is 3.71. The number of benzene rings is 2. The summed E-state index contributed by atoms with van der Waals surface area (Å²) in [6.07, 6.45) is 5.40.